The Labute approximate surface area is 111 Å². The third-order valence-corrected chi connectivity index (χ3v) is 2.28. The molecule has 0 bridgehead atoms. The predicted octanol–water partition coefficient (Wildman–Crippen LogP) is 4.39. The van der Waals surface area contributed by atoms with Crippen molar-refractivity contribution in [3.8, 4) is 5.75 Å². The maximum atomic E-state index is 11.8. The first-order valence-corrected chi connectivity index (χ1v) is 5.75. The standard InChI is InChI=1S/C15H20O2.CH4/c1-11(2)10-12-8-6-7-9-13(12)17-14(16)15(3,4)5;/h6-9H,1,10H2,2-5H3;1H4. The van der Waals surface area contributed by atoms with Gasteiger partial charge in [0.15, 0.2) is 0 Å². The molecule has 18 heavy (non-hydrogen) atoms. The Morgan fingerprint density at radius 3 is 2.33 bits per heavy atom. The molecule has 100 valence electrons. The minimum Gasteiger partial charge on any atom is -0.426 e. The number of ether oxygens (including phenoxy) is 1. The molecule has 0 aromatic heterocycles. The molecule has 0 N–H and O–H groups in total. The second-order valence-electron chi connectivity index (χ2n) is 5.38. The van der Waals surface area contributed by atoms with Crippen LogP contribution >= 0.6 is 0 Å². The van der Waals surface area contributed by atoms with Crippen LogP contribution in [0.1, 0.15) is 40.7 Å². The topological polar surface area (TPSA) is 26.3 Å². The van der Waals surface area contributed by atoms with E-state index in [0.29, 0.717) is 5.75 Å². The van der Waals surface area contributed by atoms with Crippen LogP contribution in [0.2, 0.25) is 0 Å². The van der Waals surface area contributed by atoms with E-state index in [1.165, 1.54) is 0 Å². The van der Waals surface area contributed by atoms with E-state index in [1.807, 2.05) is 52.0 Å². The summed E-state index contributed by atoms with van der Waals surface area (Å²) in [7, 11) is 0. The number of carbonyl (C=O) groups is 1. The van der Waals surface area contributed by atoms with E-state index in [2.05, 4.69) is 6.58 Å². The number of benzene rings is 1. The van der Waals surface area contributed by atoms with Crippen molar-refractivity contribution in [2.45, 2.75) is 41.5 Å². The van der Waals surface area contributed by atoms with Gasteiger partial charge in [-0.15, -0.1) is 0 Å². The molecule has 2 heteroatoms. The van der Waals surface area contributed by atoms with E-state index < -0.39 is 5.41 Å². The van der Waals surface area contributed by atoms with Gasteiger partial charge < -0.3 is 4.74 Å². The van der Waals surface area contributed by atoms with Crippen molar-refractivity contribution in [3.05, 3.63) is 42.0 Å². The second-order valence-corrected chi connectivity index (χ2v) is 5.38. The summed E-state index contributed by atoms with van der Waals surface area (Å²) in [4.78, 5) is 11.8. The fourth-order valence-corrected chi connectivity index (χ4v) is 1.33. The van der Waals surface area contributed by atoms with Crippen molar-refractivity contribution in [1.29, 1.82) is 0 Å². The molecule has 0 amide bonds. The van der Waals surface area contributed by atoms with Gasteiger partial charge in [0.05, 0.1) is 5.41 Å². The van der Waals surface area contributed by atoms with E-state index in [-0.39, 0.29) is 13.4 Å². The average Bonchev–Trinajstić information content (AvgIpc) is 2.18. The number of rotatable bonds is 3. The molecule has 1 aromatic rings. The van der Waals surface area contributed by atoms with Crippen molar-refractivity contribution < 1.29 is 9.53 Å². The first-order valence-electron chi connectivity index (χ1n) is 5.75. The van der Waals surface area contributed by atoms with E-state index >= 15 is 0 Å². The van der Waals surface area contributed by atoms with Crippen LogP contribution < -0.4 is 4.74 Å². The highest BCUT2D eigenvalue weighted by Crippen LogP contribution is 2.24. The molecule has 2 nitrogen and oxygen atoms in total. The Kier molecular flexibility index (Phi) is 5.83. The molecule has 0 radical (unpaired) electrons. The van der Waals surface area contributed by atoms with Gasteiger partial charge in [-0.1, -0.05) is 37.8 Å². The molecule has 0 fully saturated rings. The summed E-state index contributed by atoms with van der Waals surface area (Å²) in [5.74, 6) is 0.419. The van der Waals surface area contributed by atoms with Gasteiger partial charge in [0.2, 0.25) is 0 Å². The fourth-order valence-electron chi connectivity index (χ4n) is 1.33. The molecule has 0 aliphatic carbocycles. The summed E-state index contributed by atoms with van der Waals surface area (Å²) in [6.45, 7) is 11.4. The first kappa shape index (κ1) is 16.4. The quantitative estimate of drug-likeness (QED) is 0.450. The summed E-state index contributed by atoms with van der Waals surface area (Å²) in [6, 6.07) is 7.59. The van der Waals surface area contributed by atoms with Crippen molar-refractivity contribution in [2.75, 3.05) is 0 Å². The normalized spacial score (nSPS) is 10.4. The van der Waals surface area contributed by atoms with Crippen molar-refractivity contribution in [2.24, 2.45) is 5.41 Å². The van der Waals surface area contributed by atoms with E-state index in [1.54, 1.807) is 0 Å². The predicted molar refractivity (Wildman–Crippen MR) is 76.8 cm³/mol. The van der Waals surface area contributed by atoms with Crippen LogP contribution in [0.5, 0.6) is 5.75 Å². The van der Waals surface area contributed by atoms with Gasteiger partial charge in [-0.05, 0) is 45.7 Å². The van der Waals surface area contributed by atoms with Crippen molar-refractivity contribution in [1.82, 2.24) is 0 Å². The number of hydrogen-bond donors (Lipinski definition) is 0. The average molecular weight is 248 g/mol. The summed E-state index contributed by atoms with van der Waals surface area (Å²) in [6.07, 6.45) is 0.730. The van der Waals surface area contributed by atoms with Crippen molar-refractivity contribution >= 4 is 5.97 Å². The SMILES string of the molecule is C.C=C(C)Cc1ccccc1OC(=O)C(C)(C)C. The van der Waals surface area contributed by atoms with E-state index in [0.717, 1.165) is 17.6 Å². The molecule has 0 spiro atoms. The molecule has 1 rings (SSSR count). The van der Waals surface area contributed by atoms with Crippen LogP contribution in [0.3, 0.4) is 0 Å². The third-order valence-electron chi connectivity index (χ3n) is 2.28. The molecular weight excluding hydrogens is 224 g/mol. The fraction of sp³-hybridized carbons (Fsp3) is 0.438. The zero-order valence-electron chi connectivity index (χ0n) is 11.0. The summed E-state index contributed by atoms with van der Waals surface area (Å²) in [5.41, 5.74) is 1.55. The number of esters is 1. The molecular formula is C16H24O2. The smallest absolute Gasteiger partial charge is 0.316 e. The van der Waals surface area contributed by atoms with Crippen LogP contribution in [0.15, 0.2) is 36.4 Å². The molecule has 1 aromatic carbocycles. The highest BCUT2D eigenvalue weighted by atomic mass is 16.5. The van der Waals surface area contributed by atoms with Gasteiger partial charge in [-0.3, -0.25) is 4.79 Å². The van der Waals surface area contributed by atoms with Gasteiger partial charge in [-0.25, -0.2) is 0 Å². The second kappa shape index (κ2) is 6.39. The maximum Gasteiger partial charge on any atom is 0.316 e. The summed E-state index contributed by atoms with van der Waals surface area (Å²) < 4.78 is 5.43. The Bertz CT molecular complexity index is 425. The summed E-state index contributed by atoms with van der Waals surface area (Å²) >= 11 is 0. The highest BCUT2D eigenvalue weighted by molar-refractivity contribution is 5.78. The number of allylic oxidation sites excluding steroid dienone is 1. The lowest BCUT2D eigenvalue weighted by Crippen LogP contribution is -2.26. The highest BCUT2D eigenvalue weighted by Gasteiger charge is 2.24. The Balaban J connectivity index is 0.00000289. The number of carbonyl (C=O) groups excluding carboxylic acids is 1. The number of hydrogen-bond acceptors (Lipinski definition) is 2. The van der Waals surface area contributed by atoms with Crippen LogP contribution in [-0.4, -0.2) is 5.97 Å². The first-order chi connectivity index (χ1) is 7.80. The monoisotopic (exact) mass is 248 g/mol. The Hall–Kier alpha value is -1.57. The molecule has 0 atom stereocenters. The van der Waals surface area contributed by atoms with Gasteiger partial charge in [0, 0.05) is 0 Å². The zero-order chi connectivity index (χ0) is 13.1. The van der Waals surface area contributed by atoms with Gasteiger partial charge >= 0.3 is 5.97 Å². The summed E-state index contributed by atoms with van der Waals surface area (Å²) in [5, 5.41) is 0. The Morgan fingerprint density at radius 1 is 1.28 bits per heavy atom. The van der Waals surface area contributed by atoms with Gasteiger partial charge in [-0.2, -0.15) is 0 Å². The molecule has 0 saturated heterocycles. The lowest BCUT2D eigenvalue weighted by Gasteiger charge is -2.18. The lowest BCUT2D eigenvalue weighted by molar-refractivity contribution is -0.143. The third kappa shape index (κ3) is 4.74. The Morgan fingerprint density at radius 2 is 1.83 bits per heavy atom. The zero-order valence-corrected chi connectivity index (χ0v) is 11.0. The van der Waals surface area contributed by atoms with Crippen LogP contribution in [0.25, 0.3) is 0 Å². The van der Waals surface area contributed by atoms with Crippen LogP contribution in [0.4, 0.5) is 0 Å². The minimum absolute atomic E-state index is 0. The van der Waals surface area contributed by atoms with E-state index in [4.69, 9.17) is 4.74 Å². The van der Waals surface area contributed by atoms with Gasteiger partial charge in [0.25, 0.3) is 0 Å². The van der Waals surface area contributed by atoms with Gasteiger partial charge in [0.1, 0.15) is 5.75 Å². The molecule has 0 unspecified atom stereocenters. The molecule has 0 heterocycles. The van der Waals surface area contributed by atoms with E-state index in [9.17, 15) is 4.79 Å². The molecule has 0 aliphatic rings. The van der Waals surface area contributed by atoms with Crippen LogP contribution in [0, 0.1) is 5.41 Å². The molecule has 0 aliphatic heterocycles. The van der Waals surface area contributed by atoms with Crippen LogP contribution in [-0.2, 0) is 11.2 Å². The number of para-hydroxylation sites is 1. The minimum atomic E-state index is -0.490. The maximum absolute atomic E-state index is 11.8. The lowest BCUT2D eigenvalue weighted by atomic mass is 9.97. The van der Waals surface area contributed by atoms with Crippen molar-refractivity contribution in [3.63, 3.8) is 0 Å². The molecule has 0 saturated carbocycles. The largest absolute Gasteiger partial charge is 0.426 e.